The van der Waals surface area contributed by atoms with E-state index in [1.54, 1.807) is 21.1 Å². The number of nitrogens with one attached hydrogen (secondary N) is 1. The first-order chi connectivity index (χ1) is 15.9. The van der Waals surface area contributed by atoms with E-state index < -0.39 is 13.0 Å². The highest BCUT2D eigenvalue weighted by molar-refractivity contribution is 5.85. The van der Waals surface area contributed by atoms with Crippen LogP contribution in [0.3, 0.4) is 0 Å². The van der Waals surface area contributed by atoms with E-state index in [-0.39, 0.29) is 6.04 Å². The minimum atomic E-state index is -2.50. The van der Waals surface area contributed by atoms with E-state index in [1.165, 1.54) is 4.57 Å². The van der Waals surface area contributed by atoms with Crippen LogP contribution in [0.4, 0.5) is 14.7 Å². The molecular weight excluding hydrogens is 430 g/mol. The van der Waals surface area contributed by atoms with Crippen molar-refractivity contribution in [1.82, 2.24) is 24.5 Å². The molecule has 0 saturated carbocycles. The Morgan fingerprint density at radius 2 is 1.97 bits per heavy atom. The summed E-state index contributed by atoms with van der Waals surface area (Å²) in [6.07, 6.45) is 2.09. The lowest BCUT2D eigenvalue weighted by atomic mass is 10.0. The lowest BCUT2D eigenvalue weighted by Crippen LogP contribution is -2.23. The van der Waals surface area contributed by atoms with Gasteiger partial charge in [-0.05, 0) is 45.2 Å². The molecule has 33 heavy (non-hydrogen) atoms. The van der Waals surface area contributed by atoms with Crippen LogP contribution in [0.5, 0.6) is 5.88 Å². The van der Waals surface area contributed by atoms with Gasteiger partial charge in [-0.15, -0.1) is 0 Å². The first-order valence-corrected chi connectivity index (χ1v) is 10.9. The number of nitrogens with zero attached hydrogens (tertiary/aromatic N) is 5. The van der Waals surface area contributed by atoms with E-state index >= 15 is 0 Å². The number of hydrogen-bond acceptors (Lipinski definition) is 7. The van der Waals surface area contributed by atoms with Crippen LogP contribution in [0.15, 0.2) is 18.2 Å². The predicted octanol–water partition coefficient (Wildman–Crippen LogP) is 4.02. The number of methoxy groups -OCH3 is 2. The highest BCUT2D eigenvalue weighted by Gasteiger charge is 2.24. The molecule has 0 fully saturated rings. The Kier molecular flexibility index (Phi) is 6.83. The first-order valence-electron chi connectivity index (χ1n) is 10.9. The Hall–Kier alpha value is -3.14. The summed E-state index contributed by atoms with van der Waals surface area (Å²) < 4.78 is 38.6. The van der Waals surface area contributed by atoms with Crippen molar-refractivity contribution in [2.24, 2.45) is 0 Å². The number of pyridine rings is 1. The molecule has 0 aromatic carbocycles. The van der Waals surface area contributed by atoms with Crippen molar-refractivity contribution in [3.63, 3.8) is 0 Å². The summed E-state index contributed by atoms with van der Waals surface area (Å²) in [7, 11) is 3.22. The molecule has 0 unspecified atom stereocenters. The standard InChI is InChI=1S/C23H28F2N6O2/c1-13(12-32-3)26-23-29-17-8-6-5-7-15(20(17)22(30-23)33-4)16-9-10-18-21(28-16)31(11-19(24)25)14(2)27-18/h7,9-10,13,19H,5-6,8,11-12H2,1-4H3,(H,26,29,30)/t13-/m1/s1. The second kappa shape index (κ2) is 9.78. The molecule has 10 heteroatoms. The van der Waals surface area contributed by atoms with Crippen molar-refractivity contribution in [2.45, 2.75) is 52.1 Å². The van der Waals surface area contributed by atoms with Crippen molar-refractivity contribution >= 4 is 22.7 Å². The average Bonchev–Trinajstić information content (AvgIpc) is 2.94. The molecule has 1 N–H and O–H groups in total. The van der Waals surface area contributed by atoms with Gasteiger partial charge in [-0.25, -0.2) is 23.7 Å². The minimum absolute atomic E-state index is 0.0287. The summed E-state index contributed by atoms with van der Waals surface area (Å²) in [5.41, 5.74) is 4.14. The third-order valence-electron chi connectivity index (χ3n) is 5.55. The molecule has 3 heterocycles. The van der Waals surface area contributed by atoms with Crippen LogP contribution < -0.4 is 10.1 Å². The van der Waals surface area contributed by atoms with Gasteiger partial charge in [0.05, 0.1) is 37.2 Å². The molecule has 3 aromatic heterocycles. The van der Waals surface area contributed by atoms with Crippen LogP contribution in [0.2, 0.25) is 0 Å². The number of fused-ring (bicyclic) bond motifs is 2. The Morgan fingerprint density at radius 1 is 1.15 bits per heavy atom. The second-order valence-corrected chi connectivity index (χ2v) is 8.09. The Bertz CT molecular complexity index is 1180. The smallest absolute Gasteiger partial charge is 0.256 e. The molecule has 1 aliphatic rings. The maximum Gasteiger partial charge on any atom is 0.256 e. The molecule has 1 atom stereocenters. The zero-order valence-electron chi connectivity index (χ0n) is 19.2. The maximum atomic E-state index is 13.2. The van der Waals surface area contributed by atoms with Gasteiger partial charge in [0.1, 0.15) is 11.3 Å². The van der Waals surface area contributed by atoms with Crippen molar-refractivity contribution in [3.05, 3.63) is 41.0 Å². The fraction of sp³-hybridized carbons (Fsp3) is 0.478. The number of anilines is 1. The van der Waals surface area contributed by atoms with Crippen LogP contribution in [-0.2, 0) is 17.7 Å². The molecule has 0 aliphatic heterocycles. The third-order valence-corrected chi connectivity index (χ3v) is 5.55. The van der Waals surface area contributed by atoms with Gasteiger partial charge in [0.25, 0.3) is 6.43 Å². The lowest BCUT2D eigenvalue weighted by molar-refractivity contribution is 0.127. The molecule has 0 amide bonds. The van der Waals surface area contributed by atoms with Crippen molar-refractivity contribution in [1.29, 1.82) is 0 Å². The lowest BCUT2D eigenvalue weighted by Gasteiger charge is -2.18. The number of ether oxygens (including phenoxy) is 2. The minimum Gasteiger partial charge on any atom is -0.480 e. The van der Waals surface area contributed by atoms with Crippen LogP contribution in [0.1, 0.15) is 42.5 Å². The zero-order valence-corrected chi connectivity index (χ0v) is 19.2. The van der Waals surface area contributed by atoms with E-state index in [2.05, 4.69) is 21.4 Å². The molecule has 1 aliphatic carbocycles. The quantitative estimate of drug-likeness (QED) is 0.546. The van der Waals surface area contributed by atoms with E-state index in [0.29, 0.717) is 41.1 Å². The summed E-state index contributed by atoms with van der Waals surface area (Å²) in [6, 6.07) is 3.70. The van der Waals surface area contributed by atoms with Crippen LogP contribution in [-0.4, -0.2) is 57.8 Å². The number of halogens is 2. The van der Waals surface area contributed by atoms with Gasteiger partial charge in [0, 0.05) is 18.7 Å². The summed E-state index contributed by atoms with van der Waals surface area (Å²) >= 11 is 0. The van der Waals surface area contributed by atoms with Gasteiger partial charge in [-0.3, -0.25) is 0 Å². The number of imidazole rings is 1. The summed E-state index contributed by atoms with van der Waals surface area (Å²) in [6.45, 7) is 3.76. The second-order valence-electron chi connectivity index (χ2n) is 8.09. The van der Waals surface area contributed by atoms with Gasteiger partial charge in [0.15, 0.2) is 5.65 Å². The molecule has 0 spiro atoms. The number of alkyl halides is 2. The van der Waals surface area contributed by atoms with Gasteiger partial charge in [0.2, 0.25) is 11.8 Å². The van der Waals surface area contributed by atoms with Gasteiger partial charge < -0.3 is 19.4 Å². The third kappa shape index (κ3) is 4.80. The zero-order chi connectivity index (χ0) is 23.5. The molecule has 4 rings (SSSR count). The number of hydrogen-bond donors (Lipinski definition) is 1. The molecule has 0 saturated heterocycles. The summed E-state index contributed by atoms with van der Waals surface area (Å²) in [5, 5.41) is 3.25. The average molecular weight is 459 g/mol. The highest BCUT2D eigenvalue weighted by Crippen LogP contribution is 2.36. The van der Waals surface area contributed by atoms with Crippen molar-refractivity contribution in [3.8, 4) is 5.88 Å². The van der Waals surface area contributed by atoms with Crippen LogP contribution >= 0.6 is 0 Å². The molecule has 0 radical (unpaired) electrons. The van der Waals surface area contributed by atoms with Crippen molar-refractivity contribution < 1.29 is 18.3 Å². The highest BCUT2D eigenvalue weighted by atomic mass is 19.3. The number of allylic oxidation sites excluding steroid dienone is 1. The van der Waals surface area contributed by atoms with Crippen LogP contribution in [0, 0.1) is 6.92 Å². The fourth-order valence-electron chi connectivity index (χ4n) is 4.13. The van der Waals surface area contributed by atoms with Gasteiger partial charge in [-0.2, -0.15) is 4.98 Å². The van der Waals surface area contributed by atoms with E-state index in [0.717, 1.165) is 36.1 Å². The Morgan fingerprint density at radius 3 is 2.70 bits per heavy atom. The van der Waals surface area contributed by atoms with Gasteiger partial charge >= 0.3 is 0 Å². The summed E-state index contributed by atoms with van der Waals surface area (Å²) in [5.74, 6) is 1.43. The number of aryl methyl sites for hydroxylation is 2. The molecular formula is C23H28F2N6O2. The number of aromatic nitrogens is 5. The molecule has 0 bridgehead atoms. The van der Waals surface area contributed by atoms with Gasteiger partial charge in [-0.1, -0.05) is 6.08 Å². The Balaban J connectivity index is 1.80. The molecule has 8 nitrogen and oxygen atoms in total. The normalized spacial score (nSPS) is 14.7. The Labute approximate surface area is 191 Å². The fourth-order valence-corrected chi connectivity index (χ4v) is 4.13. The van der Waals surface area contributed by atoms with E-state index in [4.69, 9.17) is 19.4 Å². The van der Waals surface area contributed by atoms with E-state index in [9.17, 15) is 8.78 Å². The molecule has 176 valence electrons. The number of rotatable bonds is 8. The largest absolute Gasteiger partial charge is 0.480 e. The van der Waals surface area contributed by atoms with Crippen LogP contribution in [0.25, 0.3) is 16.7 Å². The van der Waals surface area contributed by atoms with Crippen molar-refractivity contribution in [2.75, 3.05) is 26.1 Å². The maximum absolute atomic E-state index is 13.2. The SMILES string of the molecule is COC[C@@H](C)Nc1nc2c(c(OC)n1)C(c1ccc3nc(C)n(CC(F)F)c3n1)=CCCC2. The predicted molar refractivity (Wildman–Crippen MR) is 122 cm³/mol. The first kappa shape index (κ1) is 23.0. The topological polar surface area (TPSA) is 87.0 Å². The monoisotopic (exact) mass is 458 g/mol. The molecule has 3 aromatic rings. The summed E-state index contributed by atoms with van der Waals surface area (Å²) in [4.78, 5) is 18.5. The van der Waals surface area contributed by atoms with E-state index in [1.807, 2.05) is 19.1 Å².